The van der Waals surface area contributed by atoms with E-state index in [0.717, 1.165) is 84.2 Å². The number of nitrogen functional groups attached to an aromatic ring is 3. The highest BCUT2D eigenvalue weighted by Crippen LogP contribution is 2.35. The van der Waals surface area contributed by atoms with Gasteiger partial charge in [0.15, 0.2) is 17.4 Å². The van der Waals surface area contributed by atoms with Gasteiger partial charge in [-0.1, -0.05) is 211 Å². The first-order valence-electron chi connectivity index (χ1n) is 44.7. The molecule has 0 radical (unpaired) electrons. The Hall–Kier alpha value is -12.4. The maximum atomic E-state index is 5.82. The highest BCUT2D eigenvalue weighted by Gasteiger charge is 2.42. The first-order chi connectivity index (χ1) is 59.6. The van der Waals surface area contributed by atoms with Crippen LogP contribution >= 0.6 is 0 Å². The summed E-state index contributed by atoms with van der Waals surface area (Å²) in [6.45, 7) is 77.5. The average Bonchev–Trinajstić information content (AvgIpc) is 1.70. The van der Waals surface area contributed by atoms with Crippen LogP contribution in [0.3, 0.4) is 0 Å². The Morgan fingerprint density at radius 1 is 0.392 bits per heavy atom. The Bertz CT molecular complexity index is 6080. The number of aromatic amines is 2. The lowest BCUT2D eigenvalue weighted by Gasteiger charge is -2.20. The Morgan fingerprint density at radius 3 is 1.35 bits per heavy atom. The van der Waals surface area contributed by atoms with Crippen LogP contribution in [0.5, 0.6) is 0 Å². The number of imidazole rings is 3. The summed E-state index contributed by atoms with van der Waals surface area (Å²) < 4.78 is 14.2. The van der Waals surface area contributed by atoms with E-state index in [1.54, 1.807) is 4.52 Å². The lowest BCUT2D eigenvalue weighted by molar-refractivity contribution is -0.535. The molecule has 25 heteroatoms. The number of aryl methyl sites for hydroxylation is 7. The van der Waals surface area contributed by atoms with E-state index in [0.29, 0.717) is 23.6 Å². The van der Waals surface area contributed by atoms with Gasteiger partial charge in [0.05, 0.1) is 34.9 Å². The van der Waals surface area contributed by atoms with Crippen LogP contribution in [-0.4, -0.2) is 121 Å². The number of anilines is 3. The van der Waals surface area contributed by atoms with Crippen LogP contribution in [0.1, 0.15) is 287 Å². The smallest absolute Gasteiger partial charge is 0.287 e. The number of pyridine rings is 4. The third kappa shape index (κ3) is 24.6. The molecule has 0 bridgehead atoms. The number of nitrogens with one attached hydrogen (secondary N) is 2. The van der Waals surface area contributed by atoms with Gasteiger partial charge in [0.2, 0.25) is 23.5 Å². The summed E-state index contributed by atoms with van der Waals surface area (Å²) in [6.07, 6.45) is 36.4. The summed E-state index contributed by atoms with van der Waals surface area (Å²) in [4.78, 5) is 40.9. The molecule has 2 unspecified atom stereocenters. The maximum absolute atomic E-state index is 5.82. The molecule has 692 valence electrons. The average molecular weight is 1760 g/mol. The highest BCUT2D eigenvalue weighted by atomic mass is 15.5. The van der Waals surface area contributed by atoms with Crippen molar-refractivity contribution in [2.24, 2.45) is 26.1 Å². The normalized spacial score (nSPS) is 15.0. The van der Waals surface area contributed by atoms with Crippen molar-refractivity contribution in [3.8, 4) is 0 Å². The van der Waals surface area contributed by atoms with Gasteiger partial charge in [0, 0.05) is 127 Å². The van der Waals surface area contributed by atoms with Crippen molar-refractivity contribution in [3.05, 3.63) is 249 Å². The molecule has 0 spiro atoms. The molecule has 4 aliphatic rings. The van der Waals surface area contributed by atoms with Crippen molar-refractivity contribution in [2.75, 3.05) is 17.2 Å². The highest BCUT2D eigenvalue weighted by molar-refractivity contribution is 6.01. The number of allylic oxidation sites excluding steroid dienone is 4. The summed E-state index contributed by atoms with van der Waals surface area (Å²) in [7, 11) is 0. The van der Waals surface area contributed by atoms with Crippen LogP contribution in [0.4, 0.5) is 17.6 Å². The third-order valence-corrected chi connectivity index (χ3v) is 22.6. The Balaban J connectivity index is 0.000000165. The minimum atomic E-state index is 0. The molecule has 0 saturated heterocycles. The van der Waals surface area contributed by atoms with Crippen LogP contribution in [0.2, 0.25) is 0 Å². The summed E-state index contributed by atoms with van der Waals surface area (Å²) >= 11 is 0. The third-order valence-electron chi connectivity index (χ3n) is 22.6. The zero-order valence-electron chi connectivity index (χ0n) is 83.9. The second-order valence-electron chi connectivity index (χ2n) is 43.8. The molecule has 130 heavy (non-hydrogen) atoms. The molecule has 0 saturated carbocycles. The number of aliphatic imine (C=N–C) groups is 1. The molecule has 18 rings (SSSR count). The summed E-state index contributed by atoms with van der Waals surface area (Å²) in [5.41, 5.74) is 44.5. The number of nitrogens with two attached hydrogens (primary N) is 3. The van der Waals surface area contributed by atoms with E-state index in [9.17, 15) is 0 Å². The van der Waals surface area contributed by atoms with Gasteiger partial charge in [-0.3, -0.25) is 8.80 Å². The van der Waals surface area contributed by atoms with Crippen molar-refractivity contribution >= 4 is 85.6 Å². The van der Waals surface area contributed by atoms with E-state index in [4.69, 9.17) is 17.2 Å². The van der Waals surface area contributed by atoms with Gasteiger partial charge in [-0.25, -0.2) is 39.5 Å². The molecule has 0 aromatic carbocycles. The lowest BCUT2D eigenvalue weighted by Crippen LogP contribution is -2.35. The molecule has 4 aliphatic heterocycles. The minimum absolute atomic E-state index is 0. The Kier molecular flexibility index (Phi) is 30.2. The molecular weight excluding hydrogens is 1610 g/mol. The second kappa shape index (κ2) is 38.7. The molecule has 18 heterocycles. The van der Waals surface area contributed by atoms with Gasteiger partial charge in [-0.15, -0.1) is 14.9 Å². The lowest BCUT2D eigenvalue weighted by atomic mass is 9.84. The van der Waals surface area contributed by atoms with E-state index in [-0.39, 0.29) is 62.2 Å². The van der Waals surface area contributed by atoms with Gasteiger partial charge in [0.1, 0.15) is 51.5 Å². The fourth-order valence-corrected chi connectivity index (χ4v) is 14.7. The van der Waals surface area contributed by atoms with Crippen molar-refractivity contribution < 1.29 is 9.27 Å². The van der Waals surface area contributed by atoms with Crippen LogP contribution < -0.4 is 17.2 Å². The molecule has 25 nitrogen and oxygen atoms in total. The SMILES string of the molecule is C.CC1=CC2C(C(C)(C)C)=NC=[N+]2C=C1.CC1=CC2C(C(C)(C)C)=NN=[N+]2C=C1.Cc1c(N)[nH]c2ncc(C(C)(C)C)cc12.Cc1c(N)[nH]c2ncc(C(C)(C)C)cc12.Cc1ccc2ncc(C(C)(C)C)n2c1.Cc1ccc2nnc(C(C)(C)C)n2c1.Cc1cnc2ccc(C(C)(C)C)n2c1.Cc1cnc2ncc(C(C)(C)C)n2c1.Cc1nc(N)n2ncc(C(C)(C)C)cc12. The van der Waals surface area contributed by atoms with Crippen LogP contribution in [0, 0.1) is 59.3 Å². The molecular formula is C105H149N25+2. The molecule has 0 aliphatic carbocycles. The standard InChI is InChI=1S/2C12H17N3.2C12H16N2.C12H17N2.C11H16N4.C11H15N3.C11H16N3.C11H15N3.CH4/c2*1-7-9-5-8(12(2,3)4)6-14-11(9)15-10(7)13;1-9-7-13-11-6-5-10(12(2,3)4)14(11)8-9;1-9-5-6-11-13-7-10(12(2,3)4)14(11)8-9;1-9-5-6-14-8-13-11(10(14)7-9)12(2,3)4;1-7-9-5-8(11(2,3)4)6-13-15(9)10(12)14-7;1-8-5-12-10-13-6-9(11(2,3)4)14(10)7-8;1-8-5-6-14-9(7-8)10(12-13-14)11(2,3)4;1-8-5-6-9-12-13-10(11(2,3)4)14(9)7-8;/h2*5-6H,13H2,1-4H3,(H,14,15);2*5-8H,1-4H3;5-8,10H,1-4H3;5-6H,1-4H3,(H2,12,14);5-7H,1-4H3;5-7,9H,1-4H3;5-7H,1-4H3;1H4/q;;;;+1;;;+1;;. The van der Waals surface area contributed by atoms with Crippen molar-refractivity contribution in [2.45, 2.75) is 307 Å². The number of H-pyrrole nitrogens is 2. The molecule has 0 fully saturated rings. The van der Waals surface area contributed by atoms with Gasteiger partial charge >= 0.3 is 0 Å². The van der Waals surface area contributed by atoms with E-state index in [2.05, 4.69) is 423 Å². The number of fused-ring (bicyclic) bond motifs is 9. The summed E-state index contributed by atoms with van der Waals surface area (Å²) in [5, 5.41) is 23.3. The Labute approximate surface area is 772 Å². The van der Waals surface area contributed by atoms with E-state index in [1.165, 1.54) is 67.3 Å². The summed E-state index contributed by atoms with van der Waals surface area (Å²) in [6, 6.07) is 19.5. The van der Waals surface area contributed by atoms with Crippen molar-refractivity contribution in [1.29, 1.82) is 0 Å². The maximum Gasteiger partial charge on any atom is 0.287 e. The zero-order chi connectivity index (χ0) is 95.7. The van der Waals surface area contributed by atoms with Gasteiger partial charge < -0.3 is 36.0 Å². The zero-order valence-corrected chi connectivity index (χ0v) is 83.9. The van der Waals surface area contributed by atoms with E-state index < -0.39 is 0 Å². The van der Waals surface area contributed by atoms with Gasteiger partial charge in [-0.05, 0) is 195 Å². The molecule has 8 N–H and O–H groups in total. The number of rotatable bonds is 0. The topological polar surface area (TPSA) is 304 Å². The fraction of sp³-hybridized carbons (Fsp3) is 0.457. The number of hydrogen-bond donors (Lipinski definition) is 5. The first kappa shape index (κ1) is 101. The molecule has 14 aromatic rings. The predicted octanol–water partition coefficient (Wildman–Crippen LogP) is 23.7. The van der Waals surface area contributed by atoms with E-state index in [1.807, 2.05) is 94.4 Å². The number of hydrogen-bond acceptors (Lipinski definition) is 16. The number of aromatic nitrogens is 17. The molecule has 0 amide bonds. The van der Waals surface area contributed by atoms with Crippen LogP contribution in [0.15, 0.2) is 186 Å². The minimum Gasteiger partial charge on any atom is -0.385 e. The fourth-order valence-electron chi connectivity index (χ4n) is 14.7. The van der Waals surface area contributed by atoms with Gasteiger partial charge in [-0.2, -0.15) is 9.61 Å². The quantitative estimate of drug-likeness (QED) is 0.0883. The Morgan fingerprint density at radius 2 is 0.831 bits per heavy atom. The molecule has 2 atom stereocenters. The number of nitrogens with zero attached hydrogens (tertiary/aromatic N) is 20. The largest absolute Gasteiger partial charge is 0.385 e. The second-order valence-corrected chi connectivity index (χ2v) is 43.8. The van der Waals surface area contributed by atoms with Crippen LogP contribution in [-0.2, 0) is 37.9 Å². The molecule has 14 aromatic heterocycles. The van der Waals surface area contributed by atoms with E-state index >= 15 is 0 Å². The monoisotopic (exact) mass is 1760 g/mol. The predicted molar refractivity (Wildman–Crippen MR) is 542 cm³/mol. The van der Waals surface area contributed by atoms with Crippen LogP contribution in [0.25, 0.3) is 50.3 Å². The van der Waals surface area contributed by atoms with Crippen molar-refractivity contribution in [3.63, 3.8) is 0 Å². The van der Waals surface area contributed by atoms with Crippen molar-refractivity contribution in [1.82, 2.24) is 82.3 Å². The summed E-state index contributed by atoms with van der Waals surface area (Å²) in [5.74, 6) is 3.66. The first-order valence-corrected chi connectivity index (χ1v) is 44.7. The van der Waals surface area contributed by atoms with Gasteiger partial charge in [0.25, 0.3) is 6.34 Å².